The van der Waals surface area contributed by atoms with Gasteiger partial charge in [0.1, 0.15) is 66.1 Å². The minimum Gasteiger partial charge on any atom is -0.460 e. The van der Waals surface area contributed by atoms with Crippen LogP contribution in [0.2, 0.25) is 0 Å². The molecule has 1 aliphatic rings. The first kappa shape index (κ1) is 48.0. The summed E-state index contributed by atoms with van der Waals surface area (Å²) in [5.41, 5.74) is 0. The van der Waals surface area contributed by atoms with Gasteiger partial charge in [-0.3, -0.25) is 0 Å². The third-order valence-electron chi connectivity index (χ3n) is 5.33. The van der Waals surface area contributed by atoms with Crippen LogP contribution in [0.5, 0.6) is 0 Å². The first-order valence-electron chi connectivity index (χ1n) is 15.5. The average molecular weight is 828 g/mol. The molecule has 0 spiro atoms. The van der Waals surface area contributed by atoms with Crippen LogP contribution < -0.4 is 9.72 Å². The number of esters is 6. The summed E-state index contributed by atoms with van der Waals surface area (Å²) < 4.78 is 71.5. The van der Waals surface area contributed by atoms with E-state index in [9.17, 15) is 28.8 Å². The fourth-order valence-electron chi connectivity index (χ4n) is 3.18. The van der Waals surface area contributed by atoms with Crippen LogP contribution in [0.4, 0.5) is 0 Å². The van der Waals surface area contributed by atoms with Gasteiger partial charge in [0.05, 0.1) is 18.1 Å². The van der Waals surface area contributed by atoms with E-state index < -0.39 is 85.9 Å². The van der Waals surface area contributed by atoms with Crippen molar-refractivity contribution in [2.45, 2.75) is 0 Å². The number of hydrogen-bond donors (Lipinski definition) is 2. The summed E-state index contributed by atoms with van der Waals surface area (Å²) in [6, 6.07) is 0. The lowest BCUT2D eigenvalue weighted by Gasteiger charge is -2.34. The lowest BCUT2D eigenvalue weighted by Crippen LogP contribution is -2.38. The monoisotopic (exact) mass is 827 g/mol. The van der Waals surface area contributed by atoms with Gasteiger partial charge in [0.25, 0.3) is 0 Å². The van der Waals surface area contributed by atoms with Gasteiger partial charge in [0.2, 0.25) is 0 Å². The Morgan fingerprint density at radius 3 is 1.02 bits per heavy atom. The molecule has 1 aliphatic heterocycles. The van der Waals surface area contributed by atoms with E-state index in [0.717, 1.165) is 36.5 Å². The third-order valence-corrected chi connectivity index (χ3v) is 14.6. The van der Waals surface area contributed by atoms with Gasteiger partial charge in [-0.05, 0) is 4.86 Å². The highest BCUT2D eigenvalue weighted by molar-refractivity contribution is 7.88. The fourth-order valence-corrected chi connectivity index (χ4v) is 13.6. The normalized spacial score (nSPS) is 14.7. The van der Waals surface area contributed by atoms with Crippen LogP contribution in [0.25, 0.3) is 0 Å². The number of hydrogen-bond acceptors (Lipinski definition) is 21. The molecule has 300 valence electrons. The van der Waals surface area contributed by atoms with Crippen LogP contribution in [0.3, 0.4) is 0 Å². The van der Waals surface area contributed by atoms with Gasteiger partial charge in [-0.25, -0.2) is 28.8 Å². The Morgan fingerprint density at radius 1 is 0.444 bits per heavy atom. The van der Waals surface area contributed by atoms with Gasteiger partial charge in [-0.1, -0.05) is 39.5 Å². The van der Waals surface area contributed by atoms with E-state index in [0.29, 0.717) is 0 Å². The second-order valence-electron chi connectivity index (χ2n) is 9.11. The molecule has 0 bridgehead atoms. The first-order valence-corrected chi connectivity index (χ1v) is 20.3. The lowest BCUT2D eigenvalue weighted by molar-refractivity contribution is -0.139. The molecular formula is C30H44N3O18P3+2. The van der Waals surface area contributed by atoms with Crippen molar-refractivity contribution in [2.75, 3.05) is 79.3 Å². The smallest absolute Gasteiger partial charge is 0.460 e. The molecule has 1 heterocycles. The van der Waals surface area contributed by atoms with Crippen LogP contribution in [-0.4, -0.2) is 115 Å². The Balaban J connectivity index is 3.84. The Hall–Kier alpha value is -3.97. The van der Waals surface area contributed by atoms with E-state index in [1.807, 2.05) is 0 Å². The molecule has 0 fully saturated rings. The number of rotatable bonds is 30. The molecule has 1 rings (SSSR count). The largest absolute Gasteiger partial charge is 0.525 e. The molecule has 0 unspecified atom stereocenters. The van der Waals surface area contributed by atoms with E-state index in [4.69, 9.17) is 55.6 Å². The second-order valence-corrected chi connectivity index (χ2v) is 16.2. The summed E-state index contributed by atoms with van der Waals surface area (Å²) >= 11 is 0. The van der Waals surface area contributed by atoms with Gasteiger partial charge >= 0.3 is 59.5 Å². The van der Waals surface area contributed by atoms with Crippen molar-refractivity contribution < 1.29 is 84.3 Å². The molecule has 0 aromatic rings. The summed E-state index contributed by atoms with van der Waals surface area (Å²) in [7, 11) is -12.2. The maximum atomic E-state index is 11.8. The van der Waals surface area contributed by atoms with E-state index >= 15 is 0 Å². The predicted molar refractivity (Wildman–Crippen MR) is 192 cm³/mol. The number of carbonyl (C=O) groups excluding carboxylic acids is 6. The summed E-state index contributed by atoms with van der Waals surface area (Å²) in [4.78, 5) is 76.5. The highest BCUT2D eigenvalue weighted by Crippen LogP contribution is 2.81. The minimum absolute atomic E-state index is 0.341. The van der Waals surface area contributed by atoms with Crippen LogP contribution in [0, 0.1) is 0 Å². The summed E-state index contributed by atoms with van der Waals surface area (Å²) in [6.07, 6.45) is 5.56. The molecule has 54 heavy (non-hydrogen) atoms. The standard InChI is InChI=1S/C30H44N3O18P3/c1-7-25(34)40-13-19-46-52(47-20-14-41-26(35)8-2)31-53(48-21-15-42-27(36)9-3,49-22-16-43-28(37)10-4)33-54(32-52,50-23-17-44-29(38)11-5)51-24-18-45-30(39)12-6/h7-12,31-32H,1-6,13-24H2/q+2. The zero-order valence-corrected chi connectivity index (χ0v) is 32.0. The lowest BCUT2D eigenvalue weighted by atomic mass is 10.6. The van der Waals surface area contributed by atoms with E-state index in [1.165, 1.54) is 0 Å². The number of ether oxygens (including phenoxy) is 6. The van der Waals surface area contributed by atoms with Crippen LogP contribution in [0.15, 0.2) is 80.4 Å². The van der Waals surface area contributed by atoms with Crippen molar-refractivity contribution in [1.29, 1.82) is 0 Å². The summed E-state index contributed by atoms with van der Waals surface area (Å²) in [6.45, 7) is 15.6. The molecule has 0 atom stereocenters. The molecule has 2 N–H and O–H groups in total. The quantitative estimate of drug-likeness (QED) is 0.0347. The molecule has 0 aliphatic carbocycles. The van der Waals surface area contributed by atoms with E-state index in [2.05, 4.69) is 53.7 Å². The van der Waals surface area contributed by atoms with Crippen LogP contribution in [0.1, 0.15) is 0 Å². The Morgan fingerprint density at radius 2 is 0.722 bits per heavy atom. The van der Waals surface area contributed by atoms with Gasteiger partial charge in [-0.2, -0.15) is 18.1 Å². The number of nitrogens with one attached hydrogen (secondary N) is 2. The molecule has 21 nitrogen and oxygen atoms in total. The Bertz CT molecular complexity index is 1340. The topological polar surface area (TPSA) is 250 Å². The highest BCUT2D eigenvalue weighted by Gasteiger charge is 2.70. The van der Waals surface area contributed by atoms with Crippen molar-refractivity contribution in [3.05, 3.63) is 75.9 Å². The zero-order valence-electron chi connectivity index (χ0n) is 29.3. The molecule has 0 saturated carbocycles. The predicted octanol–water partition coefficient (Wildman–Crippen LogP) is 2.96. The molecule has 0 aromatic heterocycles. The second kappa shape index (κ2) is 26.7. The fraction of sp³-hybridized carbons (Fsp3) is 0.400. The summed E-state index contributed by atoms with van der Waals surface area (Å²) in [5.74, 6) is -4.62. The maximum Gasteiger partial charge on any atom is 0.525 e. The Labute approximate surface area is 313 Å². The molecule has 24 heteroatoms. The van der Waals surface area contributed by atoms with Crippen LogP contribution in [-0.2, 0) is 84.3 Å². The SMILES string of the molecule is C=CC(=O)OCCOP1(OCCOC(=O)C=C)=N[P+](OCCOC(=O)C=C)(OCCOC(=O)C=C)N[P+](OCCOC(=O)C=C)(OCCOC(=O)C=C)N1. The van der Waals surface area contributed by atoms with Crippen molar-refractivity contribution in [1.82, 2.24) is 9.72 Å². The third kappa shape index (κ3) is 19.4. The Kier molecular flexibility index (Phi) is 23.8. The molecular weight excluding hydrogens is 783 g/mol. The maximum absolute atomic E-state index is 11.8. The van der Waals surface area contributed by atoms with Crippen molar-refractivity contribution >= 4 is 59.5 Å². The van der Waals surface area contributed by atoms with Crippen molar-refractivity contribution in [2.24, 2.45) is 4.52 Å². The molecule has 0 amide bonds. The summed E-state index contributed by atoms with van der Waals surface area (Å²) in [5, 5.41) is 0. The van der Waals surface area contributed by atoms with Crippen molar-refractivity contribution in [3.8, 4) is 0 Å². The average Bonchev–Trinajstić information content (AvgIpc) is 3.18. The first-order chi connectivity index (χ1) is 25.8. The van der Waals surface area contributed by atoms with E-state index in [-0.39, 0.29) is 52.9 Å². The van der Waals surface area contributed by atoms with E-state index in [1.54, 1.807) is 0 Å². The molecule has 0 aromatic carbocycles. The minimum atomic E-state index is -4.08. The van der Waals surface area contributed by atoms with Gasteiger partial charge in [0.15, 0.2) is 0 Å². The van der Waals surface area contributed by atoms with Crippen LogP contribution >= 0.6 is 23.7 Å². The zero-order chi connectivity index (χ0) is 40.3. The highest BCUT2D eigenvalue weighted by atomic mass is 31.3. The van der Waals surface area contributed by atoms with Crippen molar-refractivity contribution in [3.63, 3.8) is 0 Å². The number of nitrogens with zero attached hydrogens (tertiary/aromatic N) is 1. The molecule has 0 saturated heterocycles. The van der Waals surface area contributed by atoms with Gasteiger partial charge in [-0.15, -0.1) is 0 Å². The van der Waals surface area contributed by atoms with Gasteiger partial charge in [0, 0.05) is 41.0 Å². The number of carbonyl (C=O) groups is 6. The molecule has 0 radical (unpaired) electrons. The van der Waals surface area contributed by atoms with Gasteiger partial charge < -0.3 is 37.5 Å².